The van der Waals surface area contributed by atoms with Crippen molar-refractivity contribution in [3.8, 4) is 6.07 Å². The average Bonchev–Trinajstić information content (AvgIpc) is 3.09. The van der Waals surface area contributed by atoms with Crippen LogP contribution in [-0.4, -0.2) is 10.9 Å². The number of aromatic nitrogens is 1. The average molecular weight is 432 g/mol. The van der Waals surface area contributed by atoms with Crippen molar-refractivity contribution in [2.45, 2.75) is 6.42 Å². The van der Waals surface area contributed by atoms with Crippen molar-refractivity contribution in [1.29, 1.82) is 5.26 Å². The topological polar surface area (TPSA) is 65.8 Å². The molecule has 0 saturated heterocycles. The fraction of sp³-hybridized carbons (Fsp3) is 0.0500. The third-order valence-corrected chi connectivity index (χ3v) is 5.19. The molecule has 0 spiro atoms. The van der Waals surface area contributed by atoms with Gasteiger partial charge in [0.05, 0.1) is 0 Å². The molecular formula is C20H12Cl2FN3OS. The lowest BCUT2D eigenvalue weighted by atomic mass is 10.1. The number of nitrogens with one attached hydrogen (secondary N) is 1. The van der Waals surface area contributed by atoms with Gasteiger partial charge < -0.3 is 0 Å². The second kappa shape index (κ2) is 8.98. The minimum Gasteiger partial charge on any atom is -0.297 e. The van der Waals surface area contributed by atoms with Crippen molar-refractivity contribution >= 4 is 51.7 Å². The van der Waals surface area contributed by atoms with Crippen molar-refractivity contribution in [3.63, 3.8) is 0 Å². The summed E-state index contributed by atoms with van der Waals surface area (Å²) in [4.78, 5) is 17.4. The first-order valence-corrected chi connectivity index (χ1v) is 9.59. The van der Waals surface area contributed by atoms with Crippen molar-refractivity contribution in [2.24, 2.45) is 0 Å². The largest absolute Gasteiger partial charge is 0.297 e. The molecule has 28 heavy (non-hydrogen) atoms. The van der Waals surface area contributed by atoms with Crippen LogP contribution in [0.15, 0.2) is 54.2 Å². The number of benzene rings is 2. The summed E-state index contributed by atoms with van der Waals surface area (Å²) in [5.41, 5.74) is 1.11. The molecule has 1 heterocycles. The molecule has 1 aromatic heterocycles. The van der Waals surface area contributed by atoms with Gasteiger partial charge >= 0.3 is 0 Å². The number of amides is 1. The molecular weight excluding hydrogens is 420 g/mol. The van der Waals surface area contributed by atoms with E-state index in [0.29, 0.717) is 27.2 Å². The number of hydrogen-bond acceptors (Lipinski definition) is 4. The molecule has 4 nitrogen and oxygen atoms in total. The standard InChI is InChI=1S/C20H12Cl2FN3OS/c21-15-4-5-18(22)13(8-15)9-17-11-25-20(28-17)26-19(27)14(10-24)6-12-2-1-3-16(23)7-12/h1-8,11H,9H2,(H,25,26,27)/b14-6+. The lowest BCUT2D eigenvalue weighted by Gasteiger charge is -2.03. The van der Waals surface area contributed by atoms with Gasteiger partial charge in [-0.2, -0.15) is 5.26 Å². The summed E-state index contributed by atoms with van der Waals surface area (Å²) in [6.07, 6.45) is 3.45. The van der Waals surface area contributed by atoms with Gasteiger partial charge in [-0.05, 0) is 47.5 Å². The third-order valence-electron chi connectivity index (χ3n) is 3.67. The van der Waals surface area contributed by atoms with E-state index in [1.807, 2.05) is 6.07 Å². The van der Waals surface area contributed by atoms with Crippen LogP contribution in [0.2, 0.25) is 10.0 Å². The summed E-state index contributed by atoms with van der Waals surface area (Å²) in [6.45, 7) is 0. The van der Waals surface area contributed by atoms with E-state index in [1.54, 1.807) is 30.5 Å². The number of anilines is 1. The highest BCUT2D eigenvalue weighted by Gasteiger charge is 2.13. The highest BCUT2D eigenvalue weighted by atomic mass is 35.5. The molecule has 0 atom stereocenters. The van der Waals surface area contributed by atoms with Gasteiger partial charge in [-0.1, -0.05) is 35.3 Å². The maximum absolute atomic E-state index is 13.3. The van der Waals surface area contributed by atoms with Crippen molar-refractivity contribution < 1.29 is 9.18 Å². The molecule has 0 radical (unpaired) electrons. The minimum atomic E-state index is -0.617. The van der Waals surface area contributed by atoms with Crippen LogP contribution < -0.4 is 5.32 Å². The predicted octanol–water partition coefficient (Wildman–Crippen LogP) is 5.73. The Balaban J connectivity index is 1.72. The summed E-state index contributed by atoms with van der Waals surface area (Å²) >= 11 is 13.4. The first-order chi connectivity index (χ1) is 13.4. The second-order valence-electron chi connectivity index (χ2n) is 5.72. The van der Waals surface area contributed by atoms with E-state index in [0.717, 1.165) is 10.4 Å². The zero-order valence-corrected chi connectivity index (χ0v) is 16.6. The summed E-state index contributed by atoms with van der Waals surface area (Å²) in [5, 5.41) is 13.3. The summed E-state index contributed by atoms with van der Waals surface area (Å²) < 4.78 is 13.3. The third kappa shape index (κ3) is 5.17. The molecule has 1 N–H and O–H groups in total. The number of carbonyl (C=O) groups is 1. The van der Waals surface area contributed by atoms with Crippen LogP contribution in [0.5, 0.6) is 0 Å². The van der Waals surface area contributed by atoms with E-state index in [2.05, 4.69) is 10.3 Å². The molecule has 0 unspecified atom stereocenters. The summed E-state index contributed by atoms with van der Waals surface area (Å²) in [5.74, 6) is -1.07. The molecule has 0 bridgehead atoms. The van der Waals surface area contributed by atoms with Crippen LogP contribution in [0.4, 0.5) is 9.52 Å². The van der Waals surface area contributed by atoms with Crippen LogP contribution in [0, 0.1) is 17.1 Å². The Labute approximate surface area is 174 Å². The van der Waals surface area contributed by atoms with E-state index >= 15 is 0 Å². The first-order valence-electron chi connectivity index (χ1n) is 8.02. The number of hydrogen-bond donors (Lipinski definition) is 1. The molecule has 2 aromatic carbocycles. The molecule has 1 amide bonds. The van der Waals surface area contributed by atoms with Gasteiger partial charge in [0.2, 0.25) is 0 Å². The predicted molar refractivity (Wildman–Crippen MR) is 110 cm³/mol. The van der Waals surface area contributed by atoms with Gasteiger partial charge in [-0.15, -0.1) is 11.3 Å². The fourth-order valence-electron chi connectivity index (χ4n) is 2.39. The van der Waals surface area contributed by atoms with Gasteiger partial charge in [0.15, 0.2) is 5.13 Å². The number of thiazole rings is 1. The van der Waals surface area contributed by atoms with Gasteiger partial charge in [0.1, 0.15) is 17.5 Å². The molecule has 0 saturated carbocycles. The summed E-state index contributed by atoms with van der Waals surface area (Å²) in [6, 6.07) is 12.7. The maximum Gasteiger partial charge on any atom is 0.268 e. The molecule has 3 rings (SSSR count). The van der Waals surface area contributed by atoms with Crippen LogP contribution in [0.3, 0.4) is 0 Å². The van der Waals surface area contributed by atoms with E-state index in [-0.39, 0.29) is 5.57 Å². The SMILES string of the molecule is N#C/C(=C\c1cccc(F)c1)C(=O)Nc1ncc(Cc2cc(Cl)ccc2Cl)s1. The lowest BCUT2D eigenvalue weighted by molar-refractivity contribution is -0.112. The van der Waals surface area contributed by atoms with E-state index < -0.39 is 11.7 Å². The zero-order chi connectivity index (χ0) is 20.1. The Kier molecular flexibility index (Phi) is 6.42. The van der Waals surface area contributed by atoms with Crippen LogP contribution in [-0.2, 0) is 11.2 Å². The number of rotatable bonds is 5. The molecule has 0 aliphatic carbocycles. The van der Waals surface area contributed by atoms with Gasteiger partial charge in [-0.3, -0.25) is 10.1 Å². The van der Waals surface area contributed by atoms with Crippen molar-refractivity contribution in [2.75, 3.05) is 5.32 Å². The Morgan fingerprint density at radius 3 is 2.86 bits per heavy atom. The number of nitriles is 1. The maximum atomic E-state index is 13.3. The molecule has 0 aliphatic heterocycles. The lowest BCUT2D eigenvalue weighted by Crippen LogP contribution is -2.13. The first kappa shape index (κ1) is 20.0. The Hall–Kier alpha value is -2.72. The molecule has 8 heteroatoms. The van der Waals surface area contributed by atoms with Crippen LogP contribution >= 0.6 is 34.5 Å². The van der Waals surface area contributed by atoms with Crippen LogP contribution in [0.1, 0.15) is 16.0 Å². The van der Waals surface area contributed by atoms with E-state index in [9.17, 15) is 14.4 Å². The second-order valence-corrected chi connectivity index (χ2v) is 7.68. The van der Waals surface area contributed by atoms with Gasteiger partial charge in [0, 0.05) is 27.5 Å². The zero-order valence-electron chi connectivity index (χ0n) is 14.2. The smallest absolute Gasteiger partial charge is 0.268 e. The monoisotopic (exact) mass is 431 g/mol. The highest BCUT2D eigenvalue weighted by Crippen LogP contribution is 2.27. The molecule has 140 valence electrons. The normalized spacial score (nSPS) is 11.1. The van der Waals surface area contributed by atoms with Gasteiger partial charge in [0.25, 0.3) is 5.91 Å². The number of halogens is 3. The summed E-state index contributed by atoms with van der Waals surface area (Å²) in [7, 11) is 0. The Morgan fingerprint density at radius 2 is 2.11 bits per heavy atom. The van der Waals surface area contributed by atoms with E-state index in [1.165, 1.54) is 35.6 Å². The fourth-order valence-corrected chi connectivity index (χ4v) is 3.60. The highest BCUT2D eigenvalue weighted by molar-refractivity contribution is 7.15. The number of carbonyl (C=O) groups excluding carboxylic acids is 1. The molecule has 3 aromatic rings. The van der Waals surface area contributed by atoms with Gasteiger partial charge in [-0.25, -0.2) is 9.37 Å². The Bertz CT molecular complexity index is 1100. The Morgan fingerprint density at radius 1 is 1.29 bits per heavy atom. The minimum absolute atomic E-state index is 0.153. The van der Waals surface area contributed by atoms with E-state index in [4.69, 9.17) is 23.2 Å². The molecule has 0 aliphatic rings. The van der Waals surface area contributed by atoms with Crippen molar-refractivity contribution in [3.05, 3.63) is 86.1 Å². The van der Waals surface area contributed by atoms with Crippen molar-refractivity contribution in [1.82, 2.24) is 4.98 Å². The van der Waals surface area contributed by atoms with Crippen LogP contribution in [0.25, 0.3) is 6.08 Å². The quantitative estimate of drug-likeness (QED) is 0.414. The molecule has 0 fully saturated rings. The number of nitrogens with zero attached hydrogens (tertiary/aromatic N) is 2.